The molecule has 4 rings (SSSR count). The van der Waals surface area contributed by atoms with E-state index in [1.807, 2.05) is 0 Å². The normalized spacial score (nSPS) is 28.1. The first-order valence-electron chi connectivity index (χ1n) is 17.4. The summed E-state index contributed by atoms with van der Waals surface area (Å²) in [5.41, 5.74) is -2.13. The summed E-state index contributed by atoms with van der Waals surface area (Å²) < 4.78 is 1.12. The second-order valence-corrected chi connectivity index (χ2v) is 15.2. The molecule has 0 saturated heterocycles. The number of hydrogen-bond acceptors (Lipinski definition) is 10. The van der Waals surface area contributed by atoms with E-state index in [0.29, 0.717) is 0 Å². The fraction of sp³-hybridized carbons (Fsp3) is 0.649. The molecule has 3 aliphatic carbocycles. The predicted molar refractivity (Wildman–Crippen MR) is 184 cm³/mol. The summed E-state index contributed by atoms with van der Waals surface area (Å²) in [6.45, 7) is 4.85. The van der Waals surface area contributed by atoms with E-state index in [1.165, 1.54) is 115 Å². The molecule has 0 unspecified atom stereocenters. The van der Waals surface area contributed by atoms with Crippen LogP contribution in [0.25, 0.3) is 5.76 Å². The number of amides is 1. The molecule has 0 heterocycles. The van der Waals surface area contributed by atoms with Crippen molar-refractivity contribution < 1.29 is 49.5 Å². The number of quaternary nitrogens is 1. The lowest BCUT2D eigenvalue weighted by molar-refractivity contribution is -0.870. The molecule has 3 aliphatic rings. The van der Waals surface area contributed by atoms with Crippen LogP contribution in [0.15, 0.2) is 35.1 Å². The SMILES string of the molecule is CCCCCCCCCCCC[N+](C)(C)C.CN(C)[C@@H]1C(=O)C(C(N)=O)=C([O-])[C@@]2(O)C(=O)C3=C(O)c4c(O)cccc4[C@@](C)(O)[C@H]3[C@H](O)[C@@H]12. The number of carbonyl (C=O) groups is 3. The average molecular weight is 688 g/mol. The van der Waals surface area contributed by atoms with Crippen LogP contribution in [-0.2, 0) is 20.0 Å². The van der Waals surface area contributed by atoms with Crippen molar-refractivity contribution >= 4 is 23.2 Å². The van der Waals surface area contributed by atoms with E-state index in [9.17, 15) is 45.0 Å². The lowest BCUT2D eigenvalue weighted by Gasteiger charge is -2.57. The maximum absolute atomic E-state index is 13.6. The number of benzene rings is 1. The predicted octanol–water partition coefficient (Wildman–Crippen LogP) is 2.02. The summed E-state index contributed by atoms with van der Waals surface area (Å²) >= 11 is 0. The van der Waals surface area contributed by atoms with Gasteiger partial charge in [-0.25, -0.2) is 0 Å². The van der Waals surface area contributed by atoms with Crippen molar-refractivity contribution in [2.24, 2.45) is 17.6 Å². The van der Waals surface area contributed by atoms with Crippen LogP contribution in [0.4, 0.5) is 0 Å². The van der Waals surface area contributed by atoms with Gasteiger partial charge in [-0.2, -0.15) is 0 Å². The van der Waals surface area contributed by atoms with Crippen molar-refractivity contribution in [3.8, 4) is 5.75 Å². The molecular formula is C37H57N3O9. The Hall–Kier alpha value is -3.29. The zero-order valence-corrected chi connectivity index (χ0v) is 30.2. The Morgan fingerprint density at radius 3 is 1.98 bits per heavy atom. The van der Waals surface area contributed by atoms with Crippen LogP contribution in [-0.4, -0.2) is 112 Å². The second-order valence-electron chi connectivity index (χ2n) is 15.2. The van der Waals surface area contributed by atoms with Crippen molar-refractivity contribution in [3.63, 3.8) is 0 Å². The van der Waals surface area contributed by atoms with E-state index in [2.05, 4.69) is 28.1 Å². The highest BCUT2D eigenvalue weighted by atomic mass is 16.4. The fourth-order valence-electron chi connectivity index (χ4n) is 7.65. The summed E-state index contributed by atoms with van der Waals surface area (Å²) in [4.78, 5) is 39.8. The lowest BCUT2D eigenvalue weighted by atomic mass is 9.53. The molecule has 1 aromatic rings. The molecule has 1 amide bonds. The number of nitrogens with zero attached hydrogens (tertiary/aromatic N) is 2. The Labute approximate surface area is 290 Å². The molecular weight excluding hydrogens is 630 g/mol. The molecule has 274 valence electrons. The van der Waals surface area contributed by atoms with Crippen LogP contribution < -0.4 is 10.8 Å². The molecule has 12 heteroatoms. The number of ketones is 2. The fourth-order valence-corrected chi connectivity index (χ4v) is 7.65. The molecule has 49 heavy (non-hydrogen) atoms. The minimum atomic E-state index is -3.13. The molecule has 1 saturated carbocycles. The van der Waals surface area contributed by atoms with E-state index in [0.717, 1.165) is 4.48 Å². The Bertz CT molecular complexity index is 1460. The maximum atomic E-state index is 13.6. The number of hydrogen-bond donors (Lipinski definition) is 6. The Balaban J connectivity index is 0.000000345. The highest BCUT2D eigenvalue weighted by Gasteiger charge is 2.67. The molecule has 12 nitrogen and oxygen atoms in total. The first kappa shape index (κ1) is 40.1. The maximum Gasteiger partial charge on any atom is 0.251 e. The first-order chi connectivity index (χ1) is 22.8. The van der Waals surface area contributed by atoms with Crippen LogP contribution >= 0.6 is 0 Å². The van der Waals surface area contributed by atoms with Gasteiger partial charge >= 0.3 is 0 Å². The molecule has 1 aromatic carbocycles. The van der Waals surface area contributed by atoms with Gasteiger partial charge in [-0.3, -0.25) is 19.3 Å². The van der Waals surface area contributed by atoms with E-state index in [1.54, 1.807) is 0 Å². The van der Waals surface area contributed by atoms with Crippen molar-refractivity contribution in [1.29, 1.82) is 0 Å². The van der Waals surface area contributed by atoms with Gasteiger partial charge < -0.3 is 40.9 Å². The third-order valence-electron chi connectivity index (χ3n) is 10.2. The van der Waals surface area contributed by atoms with Gasteiger partial charge in [-0.05, 0) is 45.5 Å². The van der Waals surface area contributed by atoms with Crippen LogP contribution in [0, 0.1) is 11.8 Å². The number of phenolic OH excluding ortho intramolecular Hbond substituents is 1. The number of unbranched alkanes of at least 4 members (excludes halogenated alkanes) is 9. The molecule has 7 N–H and O–H groups in total. The van der Waals surface area contributed by atoms with Crippen molar-refractivity contribution in [3.05, 3.63) is 46.2 Å². The van der Waals surface area contributed by atoms with Crippen molar-refractivity contribution in [2.45, 2.75) is 101 Å². The minimum Gasteiger partial charge on any atom is -0.873 e. The van der Waals surface area contributed by atoms with E-state index in [-0.39, 0.29) is 11.1 Å². The average Bonchev–Trinajstić information content (AvgIpc) is 2.99. The topological polar surface area (TPSA) is 205 Å². The van der Waals surface area contributed by atoms with Gasteiger partial charge in [0.05, 0.1) is 62.5 Å². The highest BCUT2D eigenvalue weighted by molar-refractivity contribution is 6.24. The van der Waals surface area contributed by atoms with Gasteiger partial charge in [0, 0.05) is 11.5 Å². The molecule has 0 radical (unpaired) electrons. The number of Topliss-reactive ketones (excluding diaryl/α,β-unsaturated/α-hetero) is 2. The van der Waals surface area contributed by atoms with Crippen LogP contribution in [0.5, 0.6) is 5.75 Å². The van der Waals surface area contributed by atoms with Gasteiger partial charge in [0.2, 0.25) is 0 Å². The van der Waals surface area contributed by atoms with Crippen LogP contribution in [0.3, 0.4) is 0 Å². The number of aromatic hydroxyl groups is 1. The number of carbonyl (C=O) groups excluding carboxylic acids is 3. The summed E-state index contributed by atoms with van der Waals surface area (Å²) in [5, 5.41) is 68.6. The van der Waals surface area contributed by atoms with Crippen molar-refractivity contribution in [2.75, 3.05) is 41.8 Å². The summed E-state index contributed by atoms with van der Waals surface area (Å²) in [6.07, 6.45) is 12.5. The summed E-state index contributed by atoms with van der Waals surface area (Å²) in [7, 11) is 9.61. The molecule has 0 aromatic heterocycles. The molecule has 6 atom stereocenters. The van der Waals surface area contributed by atoms with Crippen molar-refractivity contribution in [1.82, 2.24) is 4.90 Å². The number of phenols is 1. The Morgan fingerprint density at radius 2 is 1.49 bits per heavy atom. The molecule has 1 fully saturated rings. The lowest BCUT2D eigenvalue weighted by Crippen LogP contribution is -2.73. The third-order valence-corrected chi connectivity index (χ3v) is 10.2. The molecule has 0 bridgehead atoms. The number of rotatable bonds is 13. The zero-order valence-electron chi connectivity index (χ0n) is 30.2. The van der Waals surface area contributed by atoms with Gasteiger partial charge in [0.1, 0.15) is 17.1 Å². The Kier molecular flexibility index (Phi) is 12.9. The standard InChI is InChI=1S/C22H24N2O9.C15H34N/c1-21(32)7-5-4-6-8(25)9(7)15(26)10-12(21)17(28)13-14(24(2)3)16(27)11(20(23)31)19(30)22(13,33)18(10)29;1-5-6-7-8-9-10-11-12-13-14-15-16(2,3)4/h4-6,12-14,17,25-26,28,30,32-33H,1-3H3,(H2,23,31);5-15H2,1-4H3/q;+1/p-1/t12-,13-,14+,17+,21-,22+;/m1./s1. The largest absolute Gasteiger partial charge is 0.873 e. The quantitative estimate of drug-likeness (QED) is 0.101. The third kappa shape index (κ3) is 7.88. The van der Waals surface area contributed by atoms with Gasteiger partial charge in [-0.1, -0.05) is 76.2 Å². The van der Waals surface area contributed by atoms with Crippen LogP contribution in [0.2, 0.25) is 0 Å². The number of primary amides is 1. The second kappa shape index (κ2) is 15.7. The minimum absolute atomic E-state index is 0.00899. The van der Waals surface area contributed by atoms with E-state index < -0.39 is 81.1 Å². The molecule has 0 spiro atoms. The number of aliphatic hydroxyl groups is 4. The number of nitrogens with two attached hydrogens (primary N) is 1. The number of likely N-dealkylation sites (N-methyl/N-ethyl adjacent to an activating group) is 1. The van der Waals surface area contributed by atoms with E-state index in [4.69, 9.17) is 5.73 Å². The Morgan fingerprint density at radius 1 is 0.959 bits per heavy atom. The van der Waals surface area contributed by atoms with Crippen LogP contribution in [0.1, 0.15) is 89.2 Å². The number of aliphatic hydroxyl groups excluding tert-OH is 2. The first-order valence-corrected chi connectivity index (χ1v) is 17.4. The number of fused-ring (bicyclic) bond motifs is 3. The van der Waals surface area contributed by atoms with Gasteiger partial charge in [0.15, 0.2) is 11.6 Å². The monoisotopic (exact) mass is 687 g/mol. The zero-order chi connectivity index (χ0) is 37.1. The van der Waals surface area contributed by atoms with Gasteiger partial charge in [0.25, 0.3) is 5.91 Å². The molecule has 0 aliphatic heterocycles. The highest BCUT2D eigenvalue weighted by Crippen LogP contribution is 2.56. The summed E-state index contributed by atoms with van der Waals surface area (Å²) in [5.74, 6) is -10.2. The van der Waals surface area contributed by atoms with Gasteiger partial charge in [-0.15, -0.1) is 0 Å². The smallest absolute Gasteiger partial charge is 0.251 e. The van der Waals surface area contributed by atoms with E-state index >= 15 is 0 Å². The summed E-state index contributed by atoms with van der Waals surface area (Å²) in [6, 6.07) is 2.43.